The molecule has 0 fully saturated rings. The Balaban J connectivity index is 2.60. The van der Waals surface area contributed by atoms with E-state index in [0.717, 1.165) is 30.5 Å². The Kier molecular flexibility index (Phi) is 5.08. The molecule has 0 unspecified atom stereocenters. The van der Waals surface area contributed by atoms with E-state index in [1.807, 2.05) is 0 Å². The van der Waals surface area contributed by atoms with Gasteiger partial charge >= 0.3 is 6.18 Å². The molecule has 0 amide bonds. The van der Waals surface area contributed by atoms with E-state index in [-0.39, 0.29) is 5.02 Å². The first-order valence-corrected chi connectivity index (χ1v) is 10.3. The lowest BCUT2D eigenvalue weighted by Crippen LogP contribution is -2.19. The monoisotopic (exact) mass is 413 g/mol. The number of halogens is 4. The van der Waals surface area contributed by atoms with E-state index >= 15 is 0 Å². The number of rotatable bonds is 4. The summed E-state index contributed by atoms with van der Waals surface area (Å²) >= 11 is 5.54. The van der Waals surface area contributed by atoms with Crippen molar-refractivity contribution in [2.24, 2.45) is 0 Å². The third kappa shape index (κ3) is 4.44. The molecule has 0 radical (unpaired) electrons. The topological polar surface area (TPSA) is 80.3 Å². The highest BCUT2D eigenvalue weighted by molar-refractivity contribution is 7.95. The minimum absolute atomic E-state index is 0.230. The highest BCUT2D eigenvalue weighted by Gasteiger charge is 2.35. The summed E-state index contributed by atoms with van der Waals surface area (Å²) in [5, 5.41) is -0.230. The lowest BCUT2D eigenvalue weighted by molar-refractivity contribution is -0.136. The van der Waals surface area contributed by atoms with Crippen LogP contribution in [0.3, 0.4) is 0 Å². The van der Waals surface area contributed by atoms with Crippen LogP contribution < -0.4 is 4.72 Å². The molecule has 25 heavy (non-hydrogen) atoms. The van der Waals surface area contributed by atoms with Crippen molar-refractivity contribution in [3.05, 3.63) is 53.1 Å². The van der Waals surface area contributed by atoms with Crippen LogP contribution in [-0.4, -0.2) is 23.1 Å². The Morgan fingerprint density at radius 1 is 0.960 bits per heavy atom. The van der Waals surface area contributed by atoms with Crippen molar-refractivity contribution in [3.63, 3.8) is 0 Å². The maximum atomic E-state index is 13.1. The zero-order chi connectivity index (χ0) is 19.0. The lowest BCUT2D eigenvalue weighted by atomic mass is 10.2. The smallest absolute Gasteiger partial charge is 0.279 e. The highest BCUT2D eigenvalue weighted by atomic mass is 35.5. The third-order valence-electron chi connectivity index (χ3n) is 3.07. The predicted octanol–water partition coefficient (Wildman–Crippen LogP) is 3.56. The van der Waals surface area contributed by atoms with Gasteiger partial charge in [0, 0.05) is 11.3 Å². The zero-order valence-electron chi connectivity index (χ0n) is 12.5. The second-order valence-corrected chi connectivity index (χ2v) is 9.08. The number of alkyl halides is 3. The Hall–Kier alpha value is -1.78. The lowest BCUT2D eigenvalue weighted by Gasteiger charge is -2.16. The maximum absolute atomic E-state index is 13.1. The van der Waals surface area contributed by atoms with Crippen molar-refractivity contribution in [3.8, 4) is 0 Å². The number of benzene rings is 2. The van der Waals surface area contributed by atoms with Gasteiger partial charge in [-0.3, -0.25) is 4.72 Å². The highest BCUT2D eigenvalue weighted by Crippen LogP contribution is 2.37. The van der Waals surface area contributed by atoms with Crippen molar-refractivity contribution >= 4 is 37.1 Å². The number of anilines is 1. The summed E-state index contributed by atoms with van der Waals surface area (Å²) in [4.78, 5) is -1.18. The summed E-state index contributed by atoms with van der Waals surface area (Å²) in [6.07, 6.45) is -4.07. The Morgan fingerprint density at radius 2 is 1.52 bits per heavy atom. The molecule has 136 valence electrons. The van der Waals surface area contributed by atoms with E-state index in [9.17, 15) is 30.0 Å². The summed E-state index contributed by atoms with van der Waals surface area (Å²) < 4.78 is 89.4. The van der Waals surface area contributed by atoms with Gasteiger partial charge in [-0.25, -0.2) is 16.8 Å². The molecule has 5 nitrogen and oxygen atoms in total. The normalized spacial score (nSPS) is 12.8. The van der Waals surface area contributed by atoms with E-state index in [1.165, 1.54) is 12.1 Å². The molecule has 0 saturated carbocycles. The number of sulfone groups is 1. The first-order chi connectivity index (χ1) is 11.3. The molecule has 0 atom stereocenters. The van der Waals surface area contributed by atoms with Crippen molar-refractivity contribution in [1.29, 1.82) is 0 Å². The van der Waals surface area contributed by atoms with E-state index in [2.05, 4.69) is 0 Å². The summed E-state index contributed by atoms with van der Waals surface area (Å²) in [6.45, 7) is 0. The van der Waals surface area contributed by atoms with Crippen LogP contribution in [-0.2, 0) is 26.0 Å². The van der Waals surface area contributed by atoms with Crippen LogP contribution in [0.15, 0.2) is 52.3 Å². The Morgan fingerprint density at radius 3 is 2.04 bits per heavy atom. The van der Waals surface area contributed by atoms with Gasteiger partial charge in [0.2, 0.25) is 0 Å². The van der Waals surface area contributed by atoms with Crippen LogP contribution >= 0.6 is 11.6 Å². The minimum Gasteiger partial charge on any atom is -0.279 e. The van der Waals surface area contributed by atoms with Gasteiger partial charge in [-0.1, -0.05) is 23.7 Å². The largest absolute Gasteiger partial charge is 0.418 e. The molecule has 1 N–H and O–H groups in total. The van der Waals surface area contributed by atoms with E-state index in [0.29, 0.717) is 6.07 Å². The van der Waals surface area contributed by atoms with Crippen LogP contribution in [0.5, 0.6) is 0 Å². The second-order valence-electron chi connectivity index (χ2n) is 5.01. The second kappa shape index (κ2) is 6.50. The van der Waals surface area contributed by atoms with Crippen LogP contribution in [0.1, 0.15) is 5.56 Å². The molecule has 0 aromatic heterocycles. The molecule has 0 heterocycles. The van der Waals surface area contributed by atoms with Gasteiger partial charge in [0.1, 0.15) is 4.90 Å². The number of hydrogen-bond donors (Lipinski definition) is 1. The Bertz CT molecular complexity index is 1020. The summed E-state index contributed by atoms with van der Waals surface area (Å²) in [5.74, 6) is 0. The summed E-state index contributed by atoms with van der Waals surface area (Å²) in [6, 6.07) is 7.11. The van der Waals surface area contributed by atoms with Crippen LogP contribution in [0.2, 0.25) is 5.02 Å². The van der Waals surface area contributed by atoms with E-state index in [4.69, 9.17) is 11.6 Å². The van der Waals surface area contributed by atoms with Crippen molar-refractivity contribution in [1.82, 2.24) is 0 Å². The molecule has 0 bridgehead atoms. The molecule has 11 heteroatoms. The van der Waals surface area contributed by atoms with Crippen LogP contribution in [0.25, 0.3) is 0 Å². The average molecular weight is 414 g/mol. The molecule has 0 aliphatic rings. The molecule has 2 aromatic rings. The van der Waals surface area contributed by atoms with Crippen LogP contribution in [0, 0.1) is 0 Å². The molecule has 2 aromatic carbocycles. The van der Waals surface area contributed by atoms with E-state index < -0.39 is 47.1 Å². The number of nitrogens with one attached hydrogen (secondary N) is 1. The maximum Gasteiger partial charge on any atom is 0.418 e. The minimum atomic E-state index is -4.86. The average Bonchev–Trinajstić information content (AvgIpc) is 2.47. The fourth-order valence-electron chi connectivity index (χ4n) is 2.02. The van der Waals surface area contributed by atoms with Gasteiger partial charge in [-0.05, 0) is 30.3 Å². The van der Waals surface area contributed by atoms with Crippen LogP contribution in [0.4, 0.5) is 18.9 Å². The summed E-state index contributed by atoms with van der Waals surface area (Å²) in [7, 11) is -8.51. The zero-order valence-corrected chi connectivity index (χ0v) is 14.9. The molecule has 0 aliphatic heterocycles. The van der Waals surface area contributed by atoms with Gasteiger partial charge in [0.15, 0.2) is 9.84 Å². The quantitative estimate of drug-likeness (QED) is 0.831. The van der Waals surface area contributed by atoms with Crippen molar-refractivity contribution in [2.45, 2.75) is 16.0 Å². The first kappa shape index (κ1) is 19.5. The fourth-order valence-corrected chi connectivity index (χ4v) is 4.90. The van der Waals surface area contributed by atoms with Gasteiger partial charge in [0.25, 0.3) is 10.0 Å². The van der Waals surface area contributed by atoms with E-state index in [1.54, 1.807) is 4.72 Å². The van der Waals surface area contributed by atoms with Gasteiger partial charge in [-0.2, -0.15) is 13.2 Å². The Labute approximate surface area is 147 Å². The standard InChI is InChI=1S/C14H11ClF3NO4S2/c1-24(20,21)12-4-2-3-5-13(12)25(22,23)19-11-7-6-9(15)8-10(11)14(16,17)18/h2-8,19H,1H3. The third-order valence-corrected chi connectivity index (χ3v) is 6.01. The number of sulfonamides is 1. The van der Waals surface area contributed by atoms with Gasteiger partial charge < -0.3 is 0 Å². The fraction of sp³-hybridized carbons (Fsp3) is 0.143. The van der Waals surface area contributed by atoms with Gasteiger partial charge in [0.05, 0.1) is 16.1 Å². The predicted molar refractivity (Wildman–Crippen MR) is 86.8 cm³/mol. The first-order valence-electron chi connectivity index (χ1n) is 6.51. The molecular weight excluding hydrogens is 403 g/mol. The molecular formula is C14H11ClF3NO4S2. The molecule has 0 spiro atoms. The molecule has 0 aliphatic carbocycles. The SMILES string of the molecule is CS(=O)(=O)c1ccccc1S(=O)(=O)Nc1ccc(Cl)cc1C(F)(F)F. The van der Waals surface area contributed by atoms with Crippen molar-refractivity contribution in [2.75, 3.05) is 11.0 Å². The van der Waals surface area contributed by atoms with Gasteiger partial charge in [-0.15, -0.1) is 0 Å². The molecule has 2 rings (SSSR count). The number of hydrogen-bond acceptors (Lipinski definition) is 4. The molecule has 0 saturated heterocycles. The van der Waals surface area contributed by atoms with Crippen molar-refractivity contribution < 1.29 is 30.0 Å². The summed E-state index contributed by atoms with van der Waals surface area (Å²) in [5.41, 5.74) is -2.05.